The molecule has 0 unspecified atom stereocenters. The second-order valence-corrected chi connectivity index (χ2v) is 7.28. The van der Waals surface area contributed by atoms with E-state index in [9.17, 15) is 4.79 Å². The first-order valence-electron chi connectivity index (χ1n) is 8.19. The predicted octanol–water partition coefficient (Wildman–Crippen LogP) is 5.61. The van der Waals surface area contributed by atoms with Gasteiger partial charge in [0.05, 0.1) is 11.4 Å². The molecule has 3 nitrogen and oxygen atoms in total. The fourth-order valence-corrected chi connectivity index (χ4v) is 3.51. The molecular formula is C21H19ClN2OS. The molecule has 0 aliphatic rings. The van der Waals surface area contributed by atoms with Crippen LogP contribution in [0.1, 0.15) is 21.5 Å². The Bertz CT molecular complexity index is 879. The summed E-state index contributed by atoms with van der Waals surface area (Å²) in [6, 6.07) is 22.8. The number of halogens is 1. The Balaban J connectivity index is 1.53. The maximum Gasteiger partial charge on any atom is 0.255 e. The van der Waals surface area contributed by atoms with E-state index in [0.29, 0.717) is 16.9 Å². The Morgan fingerprint density at radius 3 is 2.08 bits per heavy atom. The minimum absolute atomic E-state index is 0.164. The number of amides is 1. The first kappa shape index (κ1) is 18.4. The lowest BCUT2D eigenvalue weighted by atomic mass is 10.1. The molecule has 0 atom stereocenters. The Morgan fingerprint density at radius 2 is 1.46 bits per heavy atom. The van der Waals surface area contributed by atoms with E-state index in [1.807, 2.05) is 72.4 Å². The average Bonchev–Trinajstić information content (AvgIpc) is 2.66. The van der Waals surface area contributed by atoms with Gasteiger partial charge >= 0.3 is 0 Å². The van der Waals surface area contributed by atoms with Crippen molar-refractivity contribution in [1.82, 2.24) is 0 Å². The van der Waals surface area contributed by atoms with Crippen molar-refractivity contribution < 1.29 is 4.79 Å². The molecule has 3 N–H and O–H groups in total. The van der Waals surface area contributed by atoms with E-state index >= 15 is 0 Å². The Hall–Kier alpha value is -2.43. The predicted molar refractivity (Wildman–Crippen MR) is 112 cm³/mol. The van der Waals surface area contributed by atoms with E-state index in [2.05, 4.69) is 5.32 Å². The molecule has 5 heteroatoms. The SMILES string of the molecule is Nc1ccccc1NC(=O)c1ccc(CSCc2ccc(Cl)cc2)cc1. The van der Waals surface area contributed by atoms with Crippen molar-refractivity contribution in [3.63, 3.8) is 0 Å². The number of rotatable bonds is 6. The number of benzene rings is 3. The van der Waals surface area contributed by atoms with Crippen LogP contribution in [0.25, 0.3) is 0 Å². The number of nitrogen functional groups attached to an aromatic ring is 1. The first-order chi connectivity index (χ1) is 12.6. The standard InChI is InChI=1S/C21H19ClN2OS/c22-18-11-7-16(8-12-18)14-26-13-15-5-9-17(10-6-15)21(25)24-20-4-2-1-3-19(20)23/h1-12H,13-14,23H2,(H,24,25). The Kier molecular flexibility index (Phi) is 6.21. The fourth-order valence-electron chi connectivity index (χ4n) is 2.43. The van der Waals surface area contributed by atoms with Crippen LogP contribution >= 0.6 is 23.4 Å². The molecule has 0 saturated heterocycles. The van der Waals surface area contributed by atoms with Crippen molar-refractivity contribution in [1.29, 1.82) is 0 Å². The van der Waals surface area contributed by atoms with Gasteiger partial charge in [0.15, 0.2) is 0 Å². The van der Waals surface area contributed by atoms with Crippen LogP contribution in [0.2, 0.25) is 5.02 Å². The van der Waals surface area contributed by atoms with Gasteiger partial charge in [-0.05, 0) is 47.5 Å². The molecule has 3 aromatic carbocycles. The maximum absolute atomic E-state index is 12.3. The summed E-state index contributed by atoms with van der Waals surface area (Å²) in [4.78, 5) is 12.3. The number of nitrogens with one attached hydrogen (secondary N) is 1. The molecule has 0 spiro atoms. The van der Waals surface area contributed by atoms with E-state index < -0.39 is 0 Å². The van der Waals surface area contributed by atoms with Crippen molar-refractivity contribution >= 4 is 40.6 Å². The van der Waals surface area contributed by atoms with E-state index in [1.165, 1.54) is 11.1 Å². The number of hydrogen-bond acceptors (Lipinski definition) is 3. The van der Waals surface area contributed by atoms with Crippen LogP contribution in [-0.4, -0.2) is 5.91 Å². The minimum Gasteiger partial charge on any atom is -0.397 e. The second kappa shape index (κ2) is 8.79. The van der Waals surface area contributed by atoms with Crippen molar-refractivity contribution in [2.75, 3.05) is 11.1 Å². The van der Waals surface area contributed by atoms with Crippen molar-refractivity contribution in [3.8, 4) is 0 Å². The van der Waals surface area contributed by atoms with E-state index in [1.54, 1.807) is 12.1 Å². The fraction of sp³-hybridized carbons (Fsp3) is 0.0952. The summed E-state index contributed by atoms with van der Waals surface area (Å²) in [6.07, 6.45) is 0. The molecule has 0 aliphatic heterocycles. The summed E-state index contributed by atoms with van der Waals surface area (Å²) in [5, 5.41) is 3.59. The molecule has 1 amide bonds. The molecule has 3 rings (SSSR count). The highest BCUT2D eigenvalue weighted by Gasteiger charge is 2.07. The van der Waals surface area contributed by atoms with Crippen LogP contribution in [0.15, 0.2) is 72.8 Å². The molecule has 132 valence electrons. The quantitative estimate of drug-likeness (QED) is 0.545. The third kappa shape index (κ3) is 5.04. The van der Waals surface area contributed by atoms with Gasteiger partial charge in [-0.3, -0.25) is 4.79 Å². The molecule has 3 aromatic rings. The number of thioether (sulfide) groups is 1. The minimum atomic E-state index is -0.164. The van der Waals surface area contributed by atoms with E-state index in [4.69, 9.17) is 17.3 Å². The summed E-state index contributed by atoms with van der Waals surface area (Å²) < 4.78 is 0. The summed E-state index contributed by atoms with van der Waals surface area (Å²) in [5.74, 6) is 1.64. The average molecular weight is 383 g/mol. The van der Waals surface area contributed by atoms with Crippen LogP contribution in [0.4, 0.5) is 11.4 Å². The molecule has 0 radical (unpaired) electrons. The molecule has 0 aromatic heterocycles. The monoisotopic (exact) mass is 382 g/mol. The lowest BCUT2D eigenvalue weighted by Gasteiger charge is -2.08. The molecule has 0 bridgehead atoms. The number of carbonyl (C=O) groups excluding carboxylic acids is 1. The number of anilines is 2. The zero-order valence-electron chi connectivity index (χ0n) is 14.1. The van der Waals surface area contributed by atoms with Gasteiger partial charge in [-0.2, -0.15) is 11.8 Å². The summed E-state index contributed by atoms with van der Waals surface area (Å²) in [5.41, 5.74) is 10.1. The summed E-state index contributed by atoms with van der Waals surface area (Å²) in [7, 11) is 0. The lowest BCUT2D eigenvalue weighted by Crippen LogP contribution is -2.13. The van der Waals surface area contributed by atoms with Gasteiger partial charge < -0.3 is 11.1 Å². The highest BCUT2D eigenvalue weighted by atomic mass is 35.5. The Labute approximate surface area is 162 Å². The number of carbonyl (C=O) groups is 1. The van der Waals surface area contributed by atoms with E-state index in [0.717, 1.165) is 16.5 Å². The summed E-state index contributed by atoms with van der Waals surface area (Å²) >= 11 is 7.72. The molecule has 0 saturated carbocycles. The van der Waals surface area contributed by atoms with Gasteiger partial charge in [0, 0.05) is 22.1 Å². The molecule has 0 fully saturated rings. The number of para-hydroxylation sites is 2. The zero-order valence-corrected chi connectivity index (χ0v) is 15.7. The maximum atomic E-state index is 12.3. The second-order valence-electron chi connectivity index (χ2n) is 5.86. The molecule has 26 heavy (non-hydrogen) atoms. The van der Waals surface area contributed by atoms with Crippen molar-refractivity contribution in [2.24, 2.45) is 0 Å². The van der Waals surface area contributed by atoms with Gasteiger partial charge in [-0.15, -0.1) is 0 Å². The van der Waals surface area contributed by atoms with Crippen LogP contribution in [0.5, 0.6) is 0 Å². The van der Waals surface area contributed by atoms with Crippen LogP contribution < -0.4 is 11.1 Å². The largest absolute Gasteiger partial charge is 0.397 e. The molecular weight excluding hydrogens is 364 g/mol. The van der Waals surface area contributed by atoms with Crippen LogP contribution in [0, 0.1) is 0 Å². The molecule has 0 aliphatic carbocycles. The normalized spacial score (nSPS) is 10.5. The highest BCUT2D eigenvalue weighted by molar-refractivity contribution is 7.97. The lowest BCUT2D eigenvalue weighted by molar-refractivity contribution is 0.102. The zero-order chi connectivity index (χ0) is 18.4. The number of hydrogen-bond donors (Lipinski definition) is 2. The van der Waals surface area contributed by atoms with Gasteiger partial charge in [-0.25, -0.2) is 0 Å². The van der Waals surface area contributed by atoms with Gasteiger partial charge in [0.1, 0.15) is 0 Å². The summed E-state index contributed by atoms with van der Waals surface area (Å²) in [6.45, 7) is 0. The number of nitrogens with two attached hydrogens (primary N) is 1. The van der Waals surface area contributed by atoms with Crippen molar-refractivity contribution in [3.05, 3.63) is 94.5 Å². The van der Waals surface area contributed by atoms with Gasteiger partial charge in [0.2, 0.25) is 0 Å². The van der Waals surface area contributed by atoms with Crippen LogP contribution in [-0.2, 0) is 11.5 Å². The smallest absolute Gasteiger partial charge is 0.255 e. The third-order valence-corrected chi connectivity index (χ3v) is 5.20. The van der Waals surface area contributed by atoms with E-state index in [-0.39, 0.29) is 5.91 Å². The topological polar surface area (TPSA) is 55.1 Å². The van der Waals surface area contributed by atoms with Crippen molar-refractivity contribution in [2.45, 2.75) is 11.5 Å². The van der Waals surface area contributed by atoms with Gasteiger partial charge in [0.25, 0.3) is 5.91 Å². The third-order valence-electron chi connectivity index (χ3n) is 3.88. The highest BCUT2D eigenvalue weighted by Crippen LogP contribution is 2.21. The van der Waals surface area contributed by atoms with Gasteiger partial charge in [-0.1, -0.05) is 48.0 Å². The molecule has 0 heterocycles. The first-order valence-corrected chi connectivity index (χ1v) is 9.72. The Morgan fingerprint density at radius 1 is 0.885 bits per heavy atom. The van der Waals surface area contributed by atoms with Crippen LogP contribution in [0.3, 0.4) is 0 Å².